The second-order valence-electron chi connectivity index (χ2n) is 4.88. The molecule has 3 nitrogen and oxygen atoms in total. The molecule has 1 atom stereocenters. The maximum absolute atomic E-state index is 6.25. The number of epoxide rings is 1. The smallest absolute Gasteiger partial charge is 0.128 e. The van der Waals surface area contributed by atoms with Gasteiger partial charge in [0.25, 0.3) is 0 Å². The van der Waals surface area contributed by atoms with Crippen LogP contribution in [0.3, 0.4) is 0 Å². The zero-order valence-corrected chi connectivity index (χ0v) is 12.0. The Morgan fingerprint density at radius 1 is 1.44 bits per heavy atom. The van der Waals surface area contributed by atoms with Crippen LogP contribution in [0.25, 0.3) is 0 Å². The molecule has 0 aromatic heterocycles. The van der Waals surface area contributed by atoms with Gasteiger partial charge in [-0.1, -0.05) is 48.3 Å². The van der Waals surface area contributed by atoms with Gasteiger partial charge in [0.05, 0.1) is 12.8 Å². The molecule has 1 fully saturated rings. The minimum absolute atomic E-state index is 0.319. The van der Waals surface area contributed by atoms with Gasteiger partial charge in [0, 0.05) is 21.0 Å². The van der Waals surface area contributed by atoms with Crippen molar-refractivity contribution in [2.24, 2.45) is 10.6 Å². The SMILES string of the molecule is CON=CC(C)(C)C1(c2ccc(Cl)cc2Cl)CO1. The van der Waals surface area contributed by atoms with Gasteiger partial charge in [-0.15, -0.1) is 0 Å². The second kappa shape index (κ2) is 4.72. The largest absolute Gasteiger partial charge is 0.399 e. The van der Waals surface area contributed by atoms with E-state index in [1.807, 2.05) is 26.0 Å². The molecule has 1 unspecified atom stereocenters. The predicted molar refractivity (Wildman–Crippen MR) is 73.4 cm³/mol. The summed E-state index contributed by atoms with van der Waals surface area (Å²) in [7, 11) is 1.52. The Kier molecular flexibility index (Phi) is 3.58. The summed E-state index contributed by atoms with van der Waals surface area (Å²) in [6, 6.07) is 5.45. The van der Waals surface area contributed by atoms with Crippen molar-refractivity contribution in [1.82, 2.24) is 0 Å². The number of oxime groups is 1. The Hall–Kier alpha value is -0.770. The first-order valence-corrected chi connectivity index (χ1v) is 6.36. The van der Waals surface area contributed by atoms with Crippen LogP contribution in [0, 0.1) is 5.41 Å². The van der Waals surface area contributed by atoms with Crippen molar-refractivity contribution < 1.29 is 9.57 Å². The number of ether oxygens (including phenoxy) is 1. The van der Waals surface area contributed by atoms with Crippen molar-refractivity contribution in [1.29, 1.82) is 0 Å². The molecule has 18 heavy (non-hydrogen) atoms. The standard InChI is InChI=1S/C13H15Cl2NO2/c1-12(2,7-16-17-3)13(8-18-13)10-5-4-9(14)6-11(10)15/h4-7H,8H2,1-3H3. The molecule has 0 radical (unpaired) electrons. The van der Waals surface area contributed by atoms with Crippen LogP contribution in [0.5, 0.6) is 0 Å². The molecule has 0 N–H and O–H groups in total. The summed E-state index contributed by atoms with van der Waals surface area (Å²) in [5.74, 6) is 0. The zero-order chi connectivity index (χ0) is 13.4. The quantitative estimate of drug-likeness (QED) is 0.478. The lowest BCUT2D eigenvalue weighted by molar-refractivity contribution is 0.183. The van der Waals surface area contributed by atoms with E-state index in [0.29, 0.717) is 16.7 Å². The van der Waals surface area contributed by atoms with Crippen molar-refractivity contribution >= 4 is 29.4 Å². The molecule has 1 aromatic carbocycles. The average molecular weight is 288 g/mol. The molecule has 1 saturated heterocycles. The van der Waals surface area contributed by atoms with Crippen LogP contribution in [-0.4, -0.2) is 19.9 Å². The van der Waals surface area contributed by atoms with Gasteiger partial charge < -0.3 is 9.57 Å². The molecule has 5 heteroatoms. The van der Waals surface area contributed by atoms with Gasteiger partial charge in [-0.3, -0.25) is 0 Å². The minimum Gasteiger partial charge on any atom is -0.399 e. The summed E-state index contributed by atoms with van der Waals surface area (Å²) in [5, 5.41) is 5.07. The van der Waals surface area contributed by atoms with Crippen molar-refractivity contribution in [3.8, 4) is 0 Å². The van der Waals surface area contributed by atoms with Crippen LogP contribution in [0.15, 0.2) is 23.4 Å². The summed E-state index contributed by atoms with van der Waals surface area (Å²) < 4.78 is 5.69. The normalized spacial score (nSPS) is 23.4. The van der Waals surface area contributed by atoms with Gasteiger partial charge >= 0.3 is 0 Å². The zero-order valence-electron chi connectivity index (χ0n) is 10.5. The summed E-state index contributed by atoms with van der Waals surface area (Å²) in [5.41, 5.74) is 0.165. The van der Waals surface area contributed by atoms with Crippen LogP contribution in [0.2, 0.25) is 10.0 Å². The van der Waals surface area contributed by atoms with Gasteiger partial charge in [0.1, 0.15) is 12.7 Å². The number of hydrogen-bond acceptors (Lipinski definition) is 3. The fraction of sp³-hybridized carbons (Fsp3) is 0.462. The van der Waals surface area contributed by atoms with Crippen LogP contribution in [0.4, 0.5) is 0 Å². The highest BCUT2D eigenvalue weighted by Gasteiger charge is 2.58. The van der Waals surface area contributed by atoms with Crippen molar-refractivity contribution in [2.75, 3.05) is 13.7 Å². The number of benzene rings is 1. The van der Waals surface area contributed by atoms with E-state index in [1.165, 1.54) is 7.11 Å². The van der Waals surface area contributed by atoms with E-state index in [0.717, 1.165) is 5.56 Å². The number of halogens is 2. The molecule has 1 heterocycles. The average Bonchev–Trinajstić information content (AvgIpc) is 3.08. The molecular formula is C13H15Cl2NO2. The number of hydrogen-bond donors (Lipinski definition) is 0. The molecule has 0 bridgehead atoms. The first kappa shape index (κ1) is 13.7. The Labute approximate surface area is 117 Å². The van der Waals surface area contributed by atoms with Gasteiger partial charge in [0.15, 0.2) is 0 Å². The van der Waals surface area contributed by atoms with E-state index in [4.69, 9.17) is 32.8 Å². The third kappa shape index (κ3) is 2.22. The highest BCUT2D eigenvalue weighted by molar-refractivity contribution is 6.35. The summed E-state index contributed by atoms with van der Waals surface area (Å²) in [6.07, 6.45) is 1.74. The molecular weight excluding hydrogens is 273 g/mol. The Morgan fingerprint density at radius 3 is 2.61 bits per heavy atom. The molecule has 1 aliphatic rings. The number of rotatable bonds is 4. The summed E-state index contributed by atoms with van der Waals surface area (Å²) in [6.45, 7) is 4.68. The van der Waals surface area contributed by atoms with E-state index in [2.05, 4.69) is 5.16 Å². The van der Waals surface area contributed by atoms with Gasteiger partial charge in [0.2, 0.25) is 0 Å². The molecule has 0 aliphatic carbocycles. The number of nitrogens with zero attached hydrogens (tertiary/aromatic N) is 1. The summed E-state index contributed by atoms with van der Waals surface area (Å²) >= 11 is 12.2. The van der Waals surface area contributed by atoms with Crippen LogP contribution in [-0.2, 0) is 15.2 Å². The molecule has 2 rings (SSSR count). The van der Waals surface area contributed by atoms with Crippen LogP contribution >= 0.6 is 23.2 Å². The maximum Gasteiger partial charge on any atom is 0.128 e. The van der Waals surface area contributed by atoms with E-state index in [9.17, 15) is 0 Å². The van der Waals surface area contributed by atoms with Crippen molar-refractivity contribution in [3.63, 3.8) is 0 Å². The van der Waals surface area contributed by atoms with Crippen molar-refractivity contribution in [2.45, 2.75) is 19.4 Å². The molecule has 1 aromatic rings. The summed E-state index contributed by atoms with van der Waals surface area (Å²) in [4.78, 5) is 4.75. The molecule has 98 valence electrons. The third-order valence-corrected chi connectivity index (χ3v) is 3.87. The molecule has 0 spiro atoms. The fourth-order valence-corrected chi connectivity index (χ4v) is 2.61. The molecule has 0 amide bonds. The highest BCUT2D eigenvalue weighted by Crippen LogP contribution is 2.53. The van der Waals surface area contributed by atoms with E-state index in [-0.39, 0.29) is 5.41 Å². The van der Waals surface area contributed by atoms with E-state index in [1.54, 1.807) is 12.3 Å². The second-order valence-corrected chi connectivity index (χ2v) is 5.72. The molecule has 0 saturated carbocycles. The Balaban J connectivity index is 2.40. The van der Waals surface area contributed by atoms with E-state index >= 15 is 0 Å². The first-order valence-electron chi connectivity index (χ1n) is 5.60. The Morgan fingerprint density at radius 2 is 2.11 bits per heavy atom. The minimum atomic E-state index is -0.448. The third-order valence-electron chi connectivity index (χ3n) is 3.32. The highest BCUT2D eigenvalue weighted by atomic mass is 35.5. The molecule has 1 aliphatic heterocycles. The van der Waals surface area contributed by atoms with Crippen LogP contribution in [0.1, 0.15) is 19.4 Å². The first-order chi connectivity index (χ1) is 8.43. The van der Waals surface area contributed by atoms with Gasteiger partial charge in [-0.2, -0.15) is 0 Å². The lowest BCUT2D eigenvalue weighted by Crippen LogP contribution is -2.32. The topological polar surface area (TPSA) is 34.1 Å². The monoisotopic (exact) mass is 287 g/mol. The van der Waals surface area contributed by atoms with Gasteiger partial charge in [-0.25, -0.2) is 0 Å². The van der Waals surface area contributed by atoms with E-state index < -0.39 is 5.60 Å². The lowest BCUT2D eigenvalue weighted by atomic mass is 9.76. The fourth-order valence-electron chi connectivity index (χ4n) is 2.05. The van der Waals surface area contributed by atoms with Gasteiger partial charge in [-0.05, 0) is 12.1 Å². The maximum atomic E-state index is 6.25. The lowest BCUT2D eigenvalue weighted by Gasteiger charge is -2.28. The Bertz CT molecular complexity index is 482. The van der Waals surface area contributed by atoms with Crippen molar-refractivity contribution in [3.05, 3.63) is 33.8 Å². The van der Waals surface area contributed by atoms with Crippen LogP contribution < -0.4 is 0 Å². The predicted octanol–water partition coefficient (Wildman–Crippen LogP) is 3.88.